The number of benzene rings is 1. The predicted molar refractivity (Wildman–Crippen MR) is 94.9 cm³/mol. The van der Waals surface area contributed by atoms with Gasteiger partial charge in [-0.25, -0.2) is 9.97 Å². The second-order valence-electron chi connectivity index (χ2n) is 4.81. The molecule has 0 aliphatic carbocycles. The number of halogens is 2. The van der Waals surface area contributed by atoms with Crippen molar-refractivity contribution < 1.29 is 4.79 Å². The largest absolute Gasteiger partial charge is 0.382 e. The van der Waals surface area contributed by atoms with Crippen molar-refractivity contribution in [3.05, 3.63) is 45.6 Å². The van der Waals surface area contributed by atoms with Crippen LogP contribution in [-0.2, 0) is 4.79 Å². The molecule has 2 rings (SSSR count). The van der Waals surface area contributed by atoms with Crippen LogP contribution in [0.3, 0.4) is 0 Å². The van der Waals surface area contributed by atoms with Crippen LogP contribution in [0.5, 0.6) is 0 Å². The van der Waals surface area contributed by atoms with Crippen LogP contribution in [0.15, 0.2) is 29.6 Å². The number of amides is 1. The average molecular weight is 382 g/mol. The van der Waals surface area contributed by atoms with Crippen molar-refractivity contribution in [2.24, 2.45) is 0 Å². The summed E-state index contributed by atoms with van der Waals surface area (Å²) in [5.74, 6) is 0.0291. The van der Waals surface area contributed by atoms with E-state index in [2.05, 4.69) is 15.3 Å². The second-order valence-corrected chi connectivity index (χ2v) is 6.57. The van der Waals surface area contributed by atoms with Gasteiger partial charge in [-0.2, -0.15) is 5.26 Å². The molecule has 0 radical (unpaired) electrons. The van der Waals surface area contributed by atoms with Gasteiger partial charge in [-0.05, 0) is 24.6 Å². The first-order valence-electron chi connectivity index (χ1n) is 6.80. The van der Waals surface area contributed by atoms with Gasteiger partial charge in [0.2, 0.25) is 5.91 Å². The molecule has 1 aromatic heterocycles. The number of thioether (sulfide) groups is 1. The number of nitrogens with one attached hydrogen (secondary N) is 1. The van der Waals surface area contributed by atoms with Gasteiger partial charge in [-0.1, -0.05) is 41.0 Å². The number of nitrogen functional groups attached to an aromatic ring is 1. The maximum Gasteiger partial charge on any atom is 0.230 e. The molecule has 0 fully saturated rings. The zero-order valence-corrected chi connectivity index (χ0v) is 14.9. The summed E-state index contributed by atoms with van der Waals surface area (Å²) < 4.78 is 0. The molecule has 1 aromatic carbocycles. The standard InChI is InChI=1S/C15H13Cl2N5OS/c1-8(9-2-3-11(16)12(17)4-9)21-13(23)7-24-15-20-6-10(5-18)14(19)22-15/h2-4,6,8H,7H2,1H3,(H,21,23)(H2,19,20,22). The molecule has 0 aliphatic rings. The number of rotatable bonds is 5. The normalized spacial score (nSPS) is 11.6. The van der Waals surface area contributed by atoms with Gasteiger partial charge in [-0.3, -0.25) is 4.79 Å². The fourth-order valence-electron chi connectivity index (χ4n) is 1.81. The molecule has 0 bridgehead atoms. The first-order valence-corrected chi connectivity index (χ1v) is 8.54. The van der Waals surface area contributed by atoms with E-state index in [4.69, 9.17) is 34.2 Å². The summed E-state index contributed by atoms with van der Waals surface area (Å²) >= 11 is 13.0. The molecule has 1 atom stereocenters. The zero-order chi connectivity index (χ0) is 17.7. The minimum Gasteiger partial charge on any atom is -0.382 e. The minimum absolute atomic E-state index is 0.0968. The first-order chi connectivity index (χ1) is 11.4. The third-order valence-corrected chi connectivity index (χ3v) is 4.67. The maximum atomic E-state index is 12.0. The lowest BCUT2D eigenvalue weighted by molar-refractivity contribution is -0.119. The third-order valence-electron chi connectivity index (χ3n) is 3.07. The van der Waals surface area contributed by atoms with E-state index in [0.717, 1.165) is 17.3 Å². The molecule has 9 heteroatoms. The molecule has 1 amide bonds. The van der Waals surface area contributed by atoms with E-state index in [1.165, 1.54) is 6.20 Å². The Morgan fingerprint density at radius 1 is 1.46 bits per heavy atom. The monoisotopic (exact) mass is 381 g/mol. The SMILES string of the molecule is CC(NC(=O)CSc1ncc(C#N)c(N)n1)c1ccc(Cl)c(Cl)c1. The van der Waals surface area contributed by atoms with Crippen molar-refractivity contribution in [1.29, 1.82) is 5.26 Å². The Hall–Kier alpha value is -2.01. The summed E-state index contributed by atoms with van der Waals surface area (Å²) in [6.45, 7) is 1.85. The lowest BCUT2D eigenvalue weighted by Crippen LogP contribution is -2.28. The number of hydrogen-bond donors (Lipinski definition) is 2. The first kappa shape index (κ1) is 18.3. The average Bonchev–Trinajstić information content (AvgIpc) is 2.55. The molecule has 2 aromatic rings. The molecular weight excluding hydrogens is 369 g/mol. The fourth-order valence-corrected chi connectivity index (χ4v) is 2.75. The van der Waals surface area contributed by atoms with Gasteiger partial charge in [0, 0.05) is 0 Å². The number of anilines is 1. The van der Waals surface area contributed by atoms with Crippen LogP contribution in [0.4, 0.5) is 5.82 Å². The molecular formula is C15H13Cl2N5OS. The van der Waals surface area contributed by atoms with Gasteiger partial charge in [0.1, 0.15) is 17.5 Å². The van der Waals surface area contributed by atoms with Gasteiger partial charge < -0.3 is 11.1 Å². The molecule has 24 heavy (non-hydrogen) atoms. The van der Waals surface area contributed by atoms with Crippen LogP contribution in [0.25, 0.3) is 0 Å². The van der Waals surface area contributed by atoms with Crippen LogP contribution >= 0.6 is 35.0 Å². The summed E-state index contributed by atoms with van der Waals surface area (Å²) in [4.78, 5) is 20.0. The van der Waals surface area contributed by atoms with E-state index in [-0.39, 0.29) is 29.1 Å². The number of hydrogen-bond acceptors (Lipinski definition) is 6. The maximum absolute atomic E-state index is 12.0. The number of nitrogens with two attached hydrogens (primary N) is 1. The summed E-state index contributed by atoms with van der Waals surface area (Å²) in [5.41, 5.74) is 6.66. The van der Waals surface area contributed by atoms with Crippen molar-refractivity contribution >= 4 is 46.7 Å². The van der Waals surface area contributed by atoms with Gasteiger partial charge in [0.05, 0.1) is 28.0 Å². The van der Waals surface area contributed by atoms with Crippen LogP contribution in [0, 0.1) is 11.3 Å². The third kappa shape index (κ3) is 4.74. The second kappa shape index (κ2) is 8.20. The summed E-state index contributed by atoms with van der Waals surface area (Å²) in [6.07, 6.45) is 1.33. The number of carbonyl (C=O) groups excluding carboxylic acids is 1. The van der Waals surface area contributed by atoms with Gasteiger partial charge in [-0.15, -0.1) is 0 Å². The van der Waals surface area contributed by atoms with Crippen molar-refractivity contribution in [3.63, 3.8) is 0 Å². The van der Waals surface area contributed by atoms with Crippen LogP contribution < -0.4 is 11.1 Å². The molecule has 1 unspecified atom stereocenters. The highest BCUT2D eigenvalue weighted by Gasteiger charge is 2.12. The Morgan fingerprint density at radius 3 is 2.83 bits per heavy atom. The highest BCUT2D eigenvalue weighted by Crippen LogP contribution is 2.25. The molecule has 0 spiro atoms. The van der Waals surface area contributed by atoms with E-state index in [0.29, 0.717) is 15.2 Å². The van der Waals surface area contributed by atoms with E-state index < -0.39 is 0 Å². The van der Waals surface area contributed by atoms with E-state index in [1.54, 1.807) is 18.2 Å². The Morgan fingerprint density at radius 2 is 2.21 bits per heavy atom. The van der Waals surface area contributed by atoms with Crippen molar-refractivity contribution in [1.82, 2.24) is 15.3 Å². The van der Waals surface area contributed by atoms with E-state index in [1.807, 2.05) is 13.0 Å². The van der Waals surface area contributed by atoms with Gasteiger partial charge in [0.15, 0.2) is 5.16 Å². The predicted octanol–water partition coefficient (Wildman–Crippen LogP) is 3.21. The molecule has 1 heterocycles. The van der Waals surface area contributed by atoms with E-state index in [9.17, 15) is 4.79 Å². The molecule has 3 N–H and O–H groups in total. The number of nitrogens with zero attached hydrogens (tertiary/aromatic N) is 3. The highest BCUT2D eigenvalue weighted by molar-refractivity contribution is 7.99. The molecule has 124 valence electrons. The van der Waals surface area contributed by atoms with E-state index >= 15 is 0 Å². The van der Waals surface area contributed by atoms with Crippen LogP contribution in [0.2, 0.25) is 10.0 Å². The summed E-state index contributed by atoms with van der Waals surface area (Å²) in [6, 6.07) is 6.86. The Labute approximate surface area is 153 Å². The van der Waals surface area contributed by atoms with Gasteiger partial charge in [0.25, 0.3) is 0 Å². The Kier molecular flexibility index (Phi) is 6.26. The molecule has 6 nitrogen and oxygen atoms in total. The van der Waals surface area contributed by atoms with Crippen molar-refractivity contribution in [2.75, 3.05) is 11.5 Å². The van der Waals surface area contributed by atoms with Crippen LogP contribution in [-0.4, -0.2) is 21.6 Å². The molecule has 0 aliphatic heterocycles. The highest BCUT2D eigenvalue weighted by atomic mass is 35.5. The topological polar surface area (TPSA) is 105 Å². The lowest BCUT2D eigenvalue weighted by Gasteiger charge is -2.14. The number of aromatic nitrogens is 2. The fraction of sp³-hybridized carbons (Fsp3) is 0.200. The Bertz CT molecular complexity index is 809. The summed E-state index contributed by atoms with van der Waals surface area (Å²) in [5, 5.41) is 12.9. The van der Waals surface area contributed by atoms with Gasteiger partial charge >= 0.3 is 0 Å². The summed E-state index contributed by atoms with van der Waals surface area (Å²) in [7, 11) is 0. The van der Waals surface area contributed by atoms with Crippen molar-refractivity contribution in [2.45, 2.75) is 18.1 Å². The quantitative estimate of drug-likeness (QED) is 0.608. The molecule has 0 saturated heterocycles. The Balaban J connectivity index is 1.92. The zero-order valence-electron chi connectivity index (χ0n) is 12.6. The lowest BCUT2D eigenvalue weighted by atomic mass is 10.1. The molecule has 0 saturated carbocycles. The number of nitriles is 1. The number of carbonyl (C=O) groups is 1. The smallest absolute Gasteiger partial charge is 0.230 e. The minimum atomic E-state index is -0.222. The van der Waals surface area contributed by atoms with Crippen molar-refractivity contribution in [3.8, 4) is 6.07 Å². The van der Waals surface area contributed by atoms with Crippen LogP contribution in [0.1, 0.15) is 24.1 Å².